The van der Waals surface area contributed by atoms with E-state index in [9.17, 15) is 14.9 Å². The second-order valence-electron chi connectivity index (χ2n) is 6.40. The smallest absolute Gasteiger partial charge is 0.344 e. The first-order valence-corrected chi connectivity index (χ1v) is 8.76. The van der Waals surface area contributed by atoms with Crippen LogP contribution in [0.2, 0.25) is 0 Å². The van der Waals surface area contributed by atoms with Gasteiger partial charge in [0.1, 0.15) is 17.5 Å². The predicted octanol–water partition coefficient (Wildman–Crippen LogP) is 2.73. The van der Waals surface area contributed by atoms with Crippen LogP contribution in [-0.4, -0.2) is 42.1 Å². The Morgan fingerprint density at radius 3 is 2.68 bits per heavy atom. The SMILES string of the molecule is COC(=O)c1cc(NC2CCN(c3ccc(C#N)cn3)CC2)ccc1[N+](=O)[O-]. The fourth-order valence-corrected chi connectivity index (χ4v) is 3.19. The van der Waals surface area contributed by atoms with Crippen LogP contribution in [0.3, 0.4) is 0 Å². The molecule has 0 amide bonds. The lowest BCUT2D eigenvalue weighted by atomic mass is 10.0. The third-order valence-corrected chi connectivity index (χ3v) is 4.67. The second-order valence-corrected chi connectivity index (χ2v) is 6.40. The predicted molar refractivity (Wildman–Crippen MR) is 102 cm³/mol. The van der Waals surface area contributed by atoms with Gasteiger partial charge in [-0.3, -0.25) is 10.1 Å². The van der Waals surface area contributed by atoms with Crippen molar-refractivity contribution in [3.05, 3.63) is 57.8 Å². The number of hydrogen-bond donors (Lipinski definition) is 1. The number of hydrogen-bond acceptors (Lipinski definition) is 8. The van der Waals surface area contributed by atoms with Crippen molar-refractivity contribution in [2.45, 2.75) is 18.9 Å². The summed E-state index contributed by atoms with van der Waals surface area (Å²) in [5.41, 5.74) is 0.816. The molecule has 144 valence electrons. The molecular weight excluding hydrogens is 362 g/mol. The minimum absolute atomic E-state index is 0.0725. The van der Waals surface area contributed by atoms with Crippen LogP contribution in [0.4, 0.5) is 17.2 Å². The van der Waals surface area contributed by atoms with Gasteiger partial charge in [-0.05, 0) is 37.1 Å². The summed E-state index contributed by atoms with van der Waals surface area (Å²) in [7, 11) is 1.19. The van der Waals surface area contributed by atoms with Crippen molar-refractivity contribution in [1.82, 2.24) is 4.98 Å². The van der Waals surface area contributed by atoms with Crippen LogP contribution in [0.15, 0.2) is 36.5 Å². The highest BCUT2D eigenvalue weighted by Crippen LogP contribution is 2.26. The summed E-state index contributed by atoms with van der Waals surface area (Å²) in [4.78, 5) is 28.8. The highest BCUT2D eigenvalue weighted by molar-refractivity contribution is 5.95. The Hall–Kier alpha value is -3.67. The van der Waals surface area contributed by atoms with Crippen LogP contribution in [0.25, 0.3) is 0 Å². The van der Waals surface area contributed by atoms with E-state index in [-0.39, 0.29) is 17.3 Å². The number of carbonyl (C=O) groups is 1. The third-order valence-electron chi connectivity index (χ3n) is 4.67. The minimum atomic E-state index is -0.739. The number of ether oxygens (including phenoxy) is 1. The zero-order chi connectivity index (χ0) is 20.1. The van der Waals surface area contributed by atoms with Gasteiger partial charge in [-0.1, -0.05) is 0 Å². The summed E-state index contributed by atoms with van der Waals surface area (Å²) in [6.07, 6.45) is 3.24. The van der Waals surface area contributed by atoms with Crippen LogP contribution in [0.5, 0.6) is 0 Å². The Labute approximate surface area is 161 Å². The first-order chi connectivity index (χ1) is 13.5. The largest absolute Gasteiger partial charge is 0.465 e. The molecule has 1 aromatic heterocycles. The van der Waals surface area contributed by atoms with Gasteiger partial charge in [0.25, 0.3) is 5.69 Å². The van der Waals surface area contributed by atoms with Crippen molar-refractivity contribution in [3.63, 3.8) is 0 Å². The van der Waals surface area contributed by atoms with Gasteiger partial charge >= 0.3 is 5.97 Å². The van der Waals surface area contributed by atoms with Gasteiger partial charge in [0.05, 0.1) is 17.6 Å². The number of nitro benzene ring substituents is 1. The number of nitriles is 1. The van der Waals surface area contributed by atoms with E-state index in [2.05, 4.69) is 26.0 Å². The molecule has 1 N–H and O–H groups in total. The summed E-state index contributed by atoms with van der Waals surface area (Å²) in [5, 5.41) is 23.3. The number of rotatable bonds is 5. The Morgan fingerprint density at radius 1 is 1.36 bits per heavy atom. The molecule has 2 aromatic rings. The van der Waals surface area contributed by atoms with E-state index in [0.29, 0.717) is 11.3 Å². The van der Waals surface area contributed by atoms with Crippen molar-refractivity contribution in [1.29, 1.82) is 5.26 Å². The van der Waals surface area contributed by atoms with E-state index in [1.807, 2.05) is 6.07 Å². The van der Waals surface area contributed by atoms with Crippen LogP contribution < -0.4 is 10.2 Å². The molecule has 28 heavy (non-hydrogen) atoms. The fourth-order valence-electron chi connectivity index (χ4n) is 3.19. The lowest BCUT2D eigenvalue weighted by Crippen LogP contribution is -2.39. The van der Waals surface area contributed by atoms with Crippen LogP contribution >= 0.6 is 0 Å². The van der Waals surface area contributed by atoms with E-state index in [1.54, 1.807) is 18.3 Å². The van der Waals surface area contributed by atoms with E-state index < -0.39 is 10.9 Å². The van der Waals surface area contributed by atoms with Gasteiger partial charge < -0.3 is 15.0 Å². The molecule has 0 radical (unpaired) electrons. The summed E-state index contributed by atoms with van der Waals surface area (Å²) in [5.74, 6) is 0.0952. The van der Waals surface area contributed by atoms with Crippen molar-refractivity contribution in [2.75, 3.05) is 30.4 Å². The van der Waals surface area contributed by atoms with Crippen molar-refractivity contribution in [3.8, 4) is 6.07 Å². The molecule has 0 spiro atoms. The Morgan fingerprint density at radius 2 is 2.11 bits per heavy atom. The van der Waals surface area contributed by atoms with Crippen LogP contribution in [0.1, 0.15) is 28.8 Å². The van der Waals surface area contributed by atoms with Gasteiger partial charge in [0.2, 0.25) is 0 Å². The number of nitrogens with one attached hydrogen (secondary N) is 1. The number of aromatic nitrogens is 1. The van der Waals surface area contributed by atoms with E-state index in [0.717, 1.165) is 31.7 Å². The average Bonchev–Trinajstić information content (AvgIpc) is 2.73. The van der Waals surface area contributed by atoms with Gasteiger partial charge in [0, 0.05) is 37.1 Å². The number of carbonyl (C=O) groups excluding carboxylic acids is 1. The fraction of sp³-hybridized carbons (Fsp3) is 0.316. The molecule has 1 fully saturated rings. The van der Waals surface area contributed by atoms with E-state index in [1.165, 1.54) is 19.2 Å². The number of anilines is 2. The zero-order valence-corrected chi connectivity index (χ0v) is 15.3. The molecule has 1 aromatic carbocycles. The third kappa shape index (κ3) is 4.17. The van der Waals surface area contributed by atoms with Crippen LogP contribution in [-0.2, 0) is 4.74 Å². The lowest BCUT2D eigenvalue weighted by molar-refractivity contribution is -0.385. The highest BCUT2D eigenvalue weighted by atomic mass is 16.6. The topological polar surface area (TPSA) is 121 Å². The van der Waals surface area contributed by atoms with Gasteiger partial charge in [0.15, 0.2) is 0 Å². The number of esters is 1. The van der Waals surface area contributed by atoms with E-state index in [4.69, 9.17) is 5.26 Å². The number of methoxy groups -OCH3 is 1. The molecule has 9 heteroatoms. The molecule has 0 atom stereocenters. The summed E-state index contributed by atoms with van der Waals surface area (Å²) in [6.45, 7) is 1.57. The average molecular weight is 381 g/mol. The number of piperidine rings is 1. The van der Waals surface area contributed by atoms with Crippen molar-refractivity contribution >= 4 is 23.2 Å². The van der Waals surface area contributed by atoms with Gasteiger partial charge in [-0.25, -0.2) is 9.78 Å². The molecule has 0 saturated carbocycles. The Kier molecular flexibility index (Phi) is 5.69. The van der Waals surface area contributed by atoms with Gasteiger partial charge in [-0.2, -0.15) is 5.26 Å². The number of pyridine rings is 1. The highest BCUT2D eigenvalue weighted by Gasteiger charge is 2.24. The molecule has 1 aliphatic rings. The van der Waals surface area contributed by atoms with Crippen molar-refractivity contribution < 1.29 is 14.5 Å². The summed E-state index contributed by atoms with van der Waals surface area (Å²) in [6, 6.07) is 10.2. The molecule has 3 rings (SSSR count). The quantitative estimate of drug-likeness (QED) is 0.477. The lowest BCUT2D eigenvalue weighted by Gasteiger charge is -2.33. The normalized spacial score (nSPS) is 14.2. The standard InChI is InChI=1S/C19H19N5O4/c1-28-19(25)16-10-15(3-4-17(16)24(26)27)22-14-6-8-23(9-7-14)18-5-2-13(11-20)12-21-18/h2-5,10,12,14,22H,6-9H2,1H3. The Balaban J connectivity index is 1.65. The first kappa shape index (κ1) is 19.1. The maximum absolute atomic E-state index is 11.8. The van der Waals surface area contributed by atoms with Gasteiger partial charge in [-0.15, -0.1) is 0 Å². The first-order valence-electron chi connectivity index (χ1n) is 8.76. The summed E-state index contributed by atoms with van der Waals surface area (Å²) < 4.78 is 4.65. The Bertz CT molecular complexity index is 915. The maximum Gasteiger partial charge on any atom is 0.344 e. The van der Waals surface area contributed by atoms with Crippen molar-refractivity contribution in [2.24, 2.45) is 0 Å². The second kappa shape index (κ2) is 8.35. The zero-order valence-electron chi connectivity index (χ0n) is 15.3. The number of nitro groups is 1. The number of benzene rings is 1. The molecule has 1 saturated heterocycles. The van der Waals surface area contributed by atoms with E-state index >= 15 is 0 Å². The molecule has 9 nitrogen and oxygen atoms in total. The number of nitrogens with zero attached hydrogens (tertiary/aromatic N) is 4. The minimum Gasteiger partial charge on any atom is -0.465 e. The molecular formula is C19H19N5O4. The molecule has 0 bridgehead atoms. The molecule has 0 aliphatic carbocycles. The molecule has 1 aliphatic heterocycles. The van der Waals surface area contributed by atoms with Crippen LogP contribution in [0, 0.1) is 21.4 Å². The summed E-state index contributed by atoms with van der Waals surface area (Å²) >= 11 is 0. The monoisotopic (exact) mass is 381 g/mol. The molecule has 0 unspecified atom stereocenters. The maximum atomic E-state index is 11.8. The molecule has 2 heterocycles.